The minimum absolute atomic E-state index is 0.221. The number of aryl methyl sites for hydroxylation is 2. The predicted molar refractivity (Wildman–Crippen MR) is 138 cm³/mol. The van der Waals surface area contributed by atoms with Crippen molar-refractivity contribution < 1.29 is 23.9 Å². The smallest absolute Gasteiger partial charge is 0.335 e. The minimum Gasteiger partial charge on any atom is -0.494 e. The Hall–Kier alpha value is -4.10. The summed E-state index contributed by atoms with van der Waals surface area (Å²) in [5.74, 6) is -0.516. The number of amides is 4. The maximum absolute atomic E-state index is 13.3. The summed E-state index contributed by atoms with van der Waals surface area (Å²) in [6.45, 7) is 6.69. The third-order valence-electron chi connectivity index (χ3n) is 5.74. The van der Waals surface area contributed by atoms with Crippen molar-refractivity contribution in [3.63, 3.8) is 0 Å². The highest BCUT2D eigenvalue weighted by molar-refractivity contribution is 6.39. The van der Waals surface area contributed by atoms with Crippen LogP contribution in [0, 0.1) is 13.8 Å². The maximum atomic E-state index is 13.3. The van der Waals surface area contributed by atoms with Gasteiger partial charge in [0.2, 0.25) is 0 Å². The molecule has 4 amide bonds. The Morgan fingerprint density at radius 3 is 2.36 bits per heavy atom. The number of ether oxygens (including phenoxy) is 2. The van der Waals surface area contributed by atoms with E-state index >= 15 is 0 Å². The van der Waals surface area contributed by atoms with Crippen molar-refractivity contribution >= 4 is 41.2 Å². The zero-order chi connectivity index (χ0) is 25.8. The number of anilines is 1. The van der Waals surface area contributed by atoms with Crippen LogP contribution in [0.2, 0.25) is 5.02 Å². The molecule has 3 aromatic rings. The second-order valence-corrected chi connectivity index (χ2v) is 8.71. The number of halogens is 1. The molecule has 1 fully saturated rings. The van der Waals surface area contributed by atoms with Crippen molar-refractivity contribution in [1.29, 1.82) is 0 Å². The number of carbonyl (C=O) groups is 3. The molecule has 3 aromatic carbocycles. The van der Waals surface area contributed by atoms with Crippen LogP contribution in [0.25, 0.3) is 6.08 Å². The lowest BCUT2D eigenvalue weighted by Gasteiger charge is -2.26. The van der Waals surface area contributed by atoms with E-state index in [0.717, 1.165) is 16.0 Å². The zero-order valence-electron chi connectivity index (χ0n) is 20.1. The summed E-state index contributed by atoms with van der Waals surface area (Å²) in [7, 11) is 0. The van der Waals surface area contributed by atoms with Gasteiger partial charge in [0.05, 0.1) is 12.3 Å². The summed E-state index contributed by atoms with van der Waals surface area (Å²) in [5, 5.41) is 2.63. The Balaban J connectivity index is 1.64. The topological polar surface area (TPSA) is 84.9 Å². The van der Waals surface area contributed by atoms with Gasteiger partial charge in [0.15, 0.2) is 0 Å². The van der Waals surface area contributed by atoms with Gasteiger partial charge >= 0.3 is 6.03 Å². The molecule has 1 aliphatic heterocycles. The van der Waals surface area contributed by atoms with Crippen LogP contribution >= 0.6 is 11.6 Å². The Bertz CT molecular complexity index is 1360. The monoisotopic (exact) mass is 504 g/mol. The van der Waals surface area contributed by atoms with Gasteiger partial charge in [0.1, 0.15) is 23.7 Å². The van der Waals surface area contributed by atoms with Gasteiger partial charge in [-0.25, -0.2) is 9.69 Å². The van der Waals surface area contributed by atoms with E-state index in [1.165, 1.54) is 11.6 Å². The molecule has 0 unspecified atom stereocenters. The van der Waals surface area contributed by atoms with Crippen molar-refractivity contribution in [3.05, 3.63) is 93.5 Å². The molecule has 8 heteroatoms. The average molecular weight is 505 g/mol. The predicted octanol–water partition coefficient (Wildman–Crippen LogP) is 5.60. The number of carbonyl (C=O) groups excluding carboxylic acids is 3. The van der Waals surface area contributed by atoms with Crippen LogP contribution in [0.4, 0.5) is 10.5 Å². The minimum atomic E-state index is -0.830. The molecule has 1 aliphatic rings. The van der Waals surface area contributed by atoms with E-state index in [1.807, 2.05) is 39.0 Å². The number of nitrogens with zero attached hydrogens (tertiary/aromatic N) is 1. The van der Waals surface area contributed by atoms with Gasteiger partial charge in [-0.1, -0.05) is 29.8 Å². The Morgan fingerprint density at radius 1 is 0.917 bits per heavy atom. The molecule has 0 aliphatic carbocycles. The molecule has 4 rings (SSSR count). The van der Waals surface area contributed by atoms with Crippen molar-refractivity contribution in [2.75, 3.05) is 11.5 Å². The lowest BCUT2D eigenvalue weighted by molar-refractivity contribution is -0.122. The first-order chi connectivity index (χ1) is 17.3. The molecule has 0 aromatic heterocycles. The normalized spacial score (nSPS) is 14.7. The second-order valence-electron chi connectivity index (χ2n) is 8.27. The lowest BCUT2D eigenvalue weighted by atomic mass is 10.1. The van der Waals surface area contributed by atoms with E-state index in [-0.39, 0.29) is 12.2 Å². The third kappa shape index (κ3) is 5.42. The largest absolute Gasteiger partial charge is 0.494 e. The van der Waals surface area contributed by atoms with Crippen molar-refractivity contribution in [1.82, 2.24) is 5.32 Å². The average Bonchev–Trinajstić information content (AvgIpc) is 2.84. The van der Waals surface area contributed by atoms with E-state index in [9.17, 15) is 14.4 Å². The van der Waals surface area contributed by atoms with E-state index in [2.05, 4.69) is 5.32 Å². The molecule has 1 saturated heterocycles. The summed E-state index contributed by atoms with van der Waals surface area (Å²) >= 11 is 6.20. The zero-order valence-corrected chi connectivity index (χ0v) is 20.9. The molecule has 1 heterocycles. The molecule has 0 bridgehead atoms. The highest BCUT2D eigenvalue weighted by atomic mass is 35.5. The number of benzene rings is 3. The number of imide groups is 2. The van der Waals surface area contributed by atoms with Crippen LogP contribution in [-0.4, -0.2) is 24.5 Å². The molecule has 36 heavy (non-hydrogen) atoms. The number of rotatable bonds is 7. The standard InChI is InChI=1S/C28H25ClN2O5/c1-4-35-23-10-8-22(9-11-23)31-27(33)24(26(32)30-28(31)34)15-20-14-21(29)7-12-25(20)36-16-19-6-5-17(2)18(3)13-19/h5-15H,4,16H2,1-3H3,(H,30,32,34)/b24-15+. The highest BCUT2D eigenvalue weighted by Gasteiger charge is 2.37. The summed E-state index contributed by atoms with van der Waals surface area (Å²) in [6, 6.07) is 16.6. The van der Waals surface area contributed by atoms with E-state index in [4.69, 9.17) is 21.1 Å². The summed E-state index contributed by atoms with van der Waals surface area (Å²) in [4.78, 5) is 39.3. The van der Waals surface area contributed by atoms with Crippen LogP contribution in [0.5, 0.6) is 11.5 Å². The van der Waals surface area contributed by atoms with Crippen LogP contribution in [-0.2, 0) is 16.2 Å². The van der Waals surface area contributed by atoms with E-state index in [0.29, 0.717) is 34.4 Å². The van der Waals surface area contributed by atoms with Crippen molar-refractivity contribution in [2.45, 2.75) is 27.4 Å². The SMILES string of the molecule is CCOc1ccc(N2C(=O)NC(=O)/C(=C\c3cc(Cl)ccc3OCc3ccc(C)c(C)c3)C2=O)cc1. The van der Waals surface area contributed by atoms with Crippen LogP contribution in [0.3, 0.4) is 0 Å². The number of nitrogens with one attached hydrogen (secondary N) is 1. The fraction of sp³-hybridized carbons (Fsp3) is 0.179. The second kappa shape index (κ2) is 10.7. The highest BCUT2D eigenvalue weighted by Crippen LogP contribution is 2.29. The van der Waals surface area contributed by atoms with Gasteiger partial charge in [0, 0.05) is 10.6 Å². The molecule has 1 N–H and O–H groups in total. The number of hydrogen-bond acceptors (Lipinski definition) is 5. The summed E-state index contributed by atoms with van der Waals surface area (Å²) in [6.07, 6.45) is 1.38. The molecule has 0 atom stereocenters. The molecular weight excluding hydrogens is 480 g/mol. The Morgan fingerprint density at radius 2 is 1.67 bits per heavy atom. The first kappa shape index (κ1) is 25.0. The van der Waals surface area contributed by atoms with Gasteiger partial charge in [-0.3, -0.25) is 14.9 Å². The molecule has 184 valence electrons. The third-order valence-corrected chi connectivity index (χ3v) is 5.98. The molecular formula is C28H25ClN2O5. The molecule has 0 radical (unpaired) electrons. The Labute approximate surface area is 214 Å². The van der Waals surface area contributed by atoms with Crippen LogP contribution in [0.1, 0.15) is 29.2 Å². The van der Waals surface area contributed by atoms with Gasteiger partial charge in [-0.15, -0.1) is 0 Å². The lowest BCUT2D eigenvalue weighted by Crippen LogP contribution is -2.54. The summed E-state index contributed by atoms with van der Waals surface area (Å²) in [5.41, 5.74) is 3.83. The van der Waals surface area contributed by atoms with Crippen LogP contribution < -0.4 is 19.7 Å². The van der Waals surface area contributed by atoms with Gasteiger partial charge in [0.25, 0.3) is 11.8 Å². The van der Waals surface area contributed by atoms with Gasteiger partial charge in [-0.2, -0.15) is 0 Å². The fourth-order valence-electron chi connectivity index (χ4n) is 3.72. The molecule has 7 nitrogen and oxygen atoms in total. The quantitative estimate of drug-likeness (QED) is 0.334. The van der Waals surface area contributed by atoms with E-state index in [1.54, 1.807) is 42.5 Å². The van der Waals surface area contributed by atoms with Crippen molar-refractivity contribution in [2.24, 2.45) is 0 Å². The van der Waals surface area contributed by atoms with Crippen LogP contribution in [0.15, 0.2) is 66.2 Å². The number of barbiturate groups is 1. The maximum Gasteiger partial charge on any atom is 0.335 e. The molecule has 0 spiro atoms. The number of hydrogen-bond donors (Lipinski definition) is 1. The Kier molecular flexibility index (Phi) is 7.41. The van der Waals surface area contributed by atoms with Crippen molar-refractivity contribution in [3.8, 4) is 11.5 Å². The first-order valence-electron chi connectivity index (χ1n) is 11.4. The first-order valence-corrected chi connectivity index (χ1v) is 11.8. The van der Waals surface area contributed by atoms with E-state index < -0.39 is 17.8 Å². The summed E-state index contributed by atoms with van der Waals surface area (Å²) < 4.78 is 11.4. The van der Waals surface area contributed by atoms with Gasteiger partial charge in [-0.05, 0) is 86.0 Å². The molecule has 0 saturated carbocycles. The van der Waals surface area contributed by atoms with Gasteiger partial charge < -0.3 is 9.47 Å². The number of urea groups is 1. The fourth-order valence-corrected chi connectivity index (χ4v) is 3.90.